The standard InChI is InChI=1S/C14H27N3O/c1-10(2)11(3)16-14(18)8-15-13-9-17-6-4-12(13)5-7-17/h10-13,15H,4-9H2,1-3H3,(H,16,18). The first-order valence-corrected chi connectivity index (χ1v) is 7.31. The molecule has 3 saturated heterocycles. The molecule has 18 heavy (non-hydrogen) atoms. The van der Waals surface area contributed by atoms with E-state index in [9.17, 15) is 4.79 Å². The number of hydrogen-bond acceptors (Lipinski definition) is 3. The number of piperidine rings is 3. The predicted molar refractivity (Wildman–Crippen MR) is 73.4 cm³/mol. The van der Waals surface area contributed by atoms with Crippen molar-refractivity contribution in [3.05, 3.63) is 0 Å². The fraction of sp³-hybridized carbons (Fsp3) is 0.929. The van der Waals surface area contributed by atoms with Crippen molar-refractivity contribution in [1.82, 2.24) is 15.5 Å². The summed E-state index contributed by atoms with van der Waals surface area (Å²) in [4.78, 5) is 14.3. The zero-order valence-electron chi connectivity index (χ0n) is 11.9. The van der Waals surface area contributed by atoms with Crippen molar-refractivity contribution >= 4 is 5.91 Å². The molecule has 0 aliphatic carbocycles. The third-order valence-corrected chi connectivity index (χ3v) is 4.57. The SMILES string of the molecule is CC(C)C(C)NC(=O)CNC1CN2CCC1CC2. The predicted octanol–water partition coefficient (Wildman–Crippen LogP) is 0.831. The number of hydrogen-bond donors (Lipinski definition) is 2. The van der Waals surface area contributed by atoms with Gasteiger partial charge in [0.2, 0.25) is 5.91 Å². The van der Waals surface area contributed by atoms with Gasteiger partial charge in [0, 0.05) is 18.6 Å². The highest BCUT2D eigenvalue weighted by atomic mass is 16.2. The van der Waals surface area contributed by atoms with E-state index >= 15 is 0 Å². The molecule has 3 aliphatic heterocycles. The van der Waals surface area contributed by atoms with Crippen LogP contribution in [0.4, 0.5) is 0 Å². The third kappa shape index (κ3) is 3.45. The molecule has 3 aliphatic rings. The lowest BCUT2D eigenvalue weighted by atomic mass is 9.84. The van der Waals surface area contributed by atoms with Crippen molar-refractivity contribution in [2.75, 3.05) is 26.2 Å². The van der Waals surface area contributed by atoms with E-state index < -0.39 is 0 Å². The minimum atomic E-state index is 0.132. The van der Waals surface area contributed by atoms with E-state index in [-0.39, 0.29) is 11.9 Å². The van der Waals surface area contributed by atoms with Crippen molar-refractivity contribution in [2.45, 2.75) is 45.7 Å². The summed E-state index contributed by atoms with van der Waals surface area (Å²) >= 11 is 0. The molecule has 0 aromatic rings. The Morgan fingerprint density at radius 2 is 1.94 bits per heavy atom. The number of carbonyl (C=O) groups excluding carboxylic acids is 1. The second-order valence-electron chi connectivity index (χ2n) is 6.23. The van der Waals surface area contributed by atoms with Gasteiger partial charge in [-0.2, -0.15) is 0 Å². The fourth-order valence-corrected chi connectivity index (χ4v) is 2.89. The Morgan fingerprint density at radius 1 is 1.28 bits per heavy atom. The number of carbonyl (C=O) groups is 1. The van der Waals surface area contributed by atoms with Gasteiger partial charge in [-0.25, -0.2) is 0 Å². The number of nitrogens with zero attached hydrogens (tertiary/aromatic N) is 1. The zero-order chi connectivity index (χ0) is 13.1. The molecule has 2 bridgehead atoms. The lowest BCUT2D eigenvalue weighted by molar-refractivity contribution is -0.121. The molecule has 3 fully saturated rings. The van der Waals surface area contributed by atoms with Crippen LogP contribution in [0.1, 0.15) is 33.6 Å². The Balaban J connectivity index is 1.70. The Labute approximate surface area is 110 Å². The lowest BCUT2D eigenvalue weighted by Crippen LogP contribution is -2.57. The second kappa shape index (κ2) is 6.02. The Kier molecular flexibility index (Phi) is 4.62. The Morgan fingerprint density at radius 3 is 2.44 bits per heavy atom. The van der Waals surface area contributed by atoms with E-state index in [0.29, 0.717) is 18.5 Å². The largest absolute Gasteiger partial charge is 0.352 e. The van der Waals surface area contributed by atoms with Crippen molar-refractivity contribution in [1.29, 1.82) is 0 Å². The quantitative estimate of drug-likeness (QED) is 0.763. The van der Waals surface area contributed by atoms with E-state index in [1.165, 1.54) is 25.9 Å². The summed E-state index contributed by atoms with van der Waals surface area (Å²) < 4.78 is 0. The van der Waals surface area contributed by atoms with Crippen LogP contribution in [0.15, 0.2) is 0 Å². The van der Waals surface area contributed by atoms with Gasteiger partial charge in [-0.3, -0.25) is 4.79 Å². The molecule has 2 atom stereocenters. The van der Waals surface area contributed by atoms with Gasteiger partial charge in [-0.1, -0.05) is 13.8 Å². The molecule has 0 radical (unpaired) electrons. The summed E-state index contributed by atoms with van der Waals surface area (Å²) in [6, 6.07) is 0.776. The van der Waals surface area contributed by atoms with Crippen LogP contribution < -0.4 is 10.6 Å². The topological polar surface area (TPSA) is 44.4 Å². The van der Waals surface area contributed by atoms with E-state index in [4.69, 9.17) is 0 Å². The summed E-state index contributed by atoms with van der Waals surface area (Å²) in [5.74, 6) is 1.41. The molecule has 2 N–H and O–H groups in total. The van der Waals surface area contributed by atoms with Crippen LogP contribution in [0, 0.1) is 11.8 Å². The maximum atomic E-state index is 11.8. The second-order valence-corrected chi connectivity index (χ2v) is 6.23. The van der Waals surface area contributed by atoms with Crippen molar-refractivity contribution in [3.63, 3.8) is 0 Å². The molecule has 3 rings (SSSR count). The Hall–Kier alpha value is -0.610. The van der Waals surface area contributed by atoms with Gasteiger partial charge in [0.15, 0.2) is 0 Å². The molecular weight excluding hydrogens is 226 g/mol. The molecule has 4 nitrogen and oxygen atoms in total. The van der Waals surface area contributed by atoms with Crippen LogP contribution in [0.25, 0.3) is 0 Å². The van der Waals surface area contributed by atoms with Crippen LogP contribution in [0.3, 0.4) is 0 Å². The lowest BCUT2D eigenvalue weighted by Gasteiger charge is -2.45. The smallest absolute Gasteiger partial charge is 0.234 e. The molecule has 0 aromatic heterocycles. The first-order valence-electron chi connectivity index (χ1n) is 7.31. The summed E-state index contributed by atoms with van der Waals surface area (Å²) in [6.07, 6.45) is 2.59. The maximum absolute atomic E-state index is 11.8. The van der Waals surface area contributed by atoms with Gasteiger partial charge in [0.1, 0.15) is 0 Å². The highest BCUT2D eigenvalue weighted by Crippen LogP contribution is 2.27. The molecule has 0 aromatic carbocycles. The van der Waals surface area contributed by atoms with Gasteiger partial charge < -0.3 is 15.5 Å². The van der Waals surface area contributed by atoms with Gasteiger partial charge in [0.05, 0.1) is 6.54 Å². The van der Waals surface area contributed by atoms with E-state index in [1.807, 2.05) is 0 Å². The van der Waals surface area contributed by atoms with Crippen LogP contribution in [-0.2, 0) is 4.79 Å². The first-order chi connectivity index (χ1) is 8.56. The molecule has 2 unspecified atom stereocenters. The third-order valence-electron chi connectivity index (χ3n) is 4.57. The van der Waals surface area contributed by atoms with Crippen LogP contribution >= 0.6 is 0 Å². The summed E-state index contributed by atoms with van der Waals surface area (Å²) in [5.41, 5.74) is 0. The van der Waals surface area contributed by atoms with Crippen LogP contribution in [-0.4, -0.2) is 49.1 Å². The summed E-state index contributed by atoms with van der Waals surface area (Å²) in [5, 5.41) is 6.49. The van der Waals surface area contributed by atoms with Crippen molar-refractivity contribution < 1.29 is 4.79 Å². The Bertz CT molecular complexity index is 285. The van der Waals surface area contributed by atoms with Crippen molar-refractivity contribution in [2.24, 2.45) is 11.8 Å². The maximum Gasteiger partial charge on any atom is 0.234 e. The molecule has 3 heterocycles. The number of amides is 1. The van der Waals surface area contributed by atoms with Crippen LogP contribution in [0.2, 0.25) is 0 Å². The minimum absolute atomic E-state index is 0.132. The first kappa shape index (κ1) is 13.8. The summed E-state index contributed by atoms with van der Waals surface area (Å²) in [6.45, 7) is 10.4. The number of fused-ring (bicyclic) bond motifs is 3. The minimum Gasteiger partial charge on any atom is -0.352 e. The number of rotatable bonds is 5. The van der Waals surface area contributed by atoms with Gasteiger partial charge in [0.25, 0.3) is 0 Å². The monoisotopic (exact) mass is 253 g/mol. The molecule has 4 heteroatoms. The van der Waals surface area contributed by atoms with Gasteiger partial charge >= 0.3 is 0 Å². The van der Waals surface area contributed by atoms with Crippen molar-refractivity contribution in [3.8, 4) is 0 Å². The zero-order valence-corrected chi connectivity index (χ0v) is 11.9. The normalized spacial score (nSPS) is 32.6. The fourth-order valence-electron chi connectivity index (χ4n) is 2.89. The molecular formula is C14H27N3O. The van der Waals surface area contributed by atoms with Crippen LogP contribution in [0.5, 0.6) is 0 Å². The highest BCUT2D eigenvalue weighted by molar-refractivity contribution is 5.78. The highest BCUT2D eigenvalue weighted by Gasteiger charge is 2.33. The van der Waals surface area contributed by atoms with E-state index in [2.05, 4.69) is 36.3 Å². The molecule has 0 spiro atoms. The van der Waals surface area contributed by atoms with Gasteiger partial charge in [-0.05, 0) is 44.7 Å². The molecule has 0 saturated carbocycles. The van der Waals surface area contributed by atoms with E-state index in [1.54, 1.807) is 0 Å². The molecule has 104 valence electrons. The van der Waals surface area contributed by atoms with Gasteiger partial charge in [-0.15, -0.1) is 0 Å². The molecule has 1 amide bonds. The number of nitrogens with one attached hydrogen (secondary N) is 2. The average molecular weight is 253 g/mol. The summed E-state index contributed by atoms with van der Waals surface area (Å²) in [7, 11) is 0. The van der Waals surface area contributed by atoms with E-state index in [0.717, 1.165) is 12.5 Å². The average Bonchev–Trinajstić information content (AvgIpc) is 2.37.